The van der Waals surface area contributed by atoms with Crippen LogP contribution < -0.4 is 11.1 Å². The third-order valence-corrected chi connectivity index (χ3v) is 3.98. The predicted octanol–water partition coefficient (Wildman–Crippen LogP) is 3.47. The fourth-order valence-electron chi connectivity index (χ4n) is 2.20. The molecular formula is C15H16N4OS. The monoisotopic (exact) mass is 300 g/mol. The second kappa shape index (κ2) is 5.67. The zero-order valence-electron chi connectivity index (χ0n) is 11.9. The smallest absolute Gasteiger partial charge is 0.223 e. The van der Waals surface area contributed by atoms with E-state index >= 15 is 0 Å². The minimum Gasteiger partial charge on any atom is -0.380 e. The number of nitrogens with one attached hydrogen (secondary N) is 1. The van der Waals surface area contributed by atoms with E-state index < -0.39 is 0 Å². The molecule has 108 valence electrons. The normalized spacial score (nSPS) is 11.0. The molecule has 21 heavy (non-hydrogen) atoms. The number of hydrogen-bond acceptors (Lipinski definition) is 6. The van der Waals surface area contributed by atoms with Crippen LogP contribution in [-0.4, -0.2) is 17.1 Å². The van der Waals surface area contributed by atoms with Gasteiger partial charge in [0.05, 0.1) is 12.0 Å². The Hall–Kier alpha value is -2.18. The third-order valence-electron chi connectivity index (χ3n) is 3.03. The summed E-state index contributed by atoms with van der Waals surface area (Å²) in [5.41, 5.74) is 7.84. The fraction of sp³-hybridized carbons (Fsp3) is 0.200. The third kappa shape index (κ3) is 2.96. The van der Waals surface area contributed by atoms with E-state index in [0.717, 1.165) is 27.3 Å². The Bertz CT molecular complexity index is 784. The van der Waals surface area contributed by atoms with E-state index in [4.69, 9.17) is 10.5 Å². The molecule has 6 heteroatoms. The Labute approximate surface area is 126 Å². The molecule has 0 fully saturated rings. The van der Waals surface area contributed by atoms with Gasteiger partial charge in [0.1, 0.15) is 10.6 Å². The van der Waals surface area contributed by atoms with Crippen LogP contribution in [0.2, 0.25) is 0 Å². The van der Waals surface area contributed by atoms with Crippen LogP contribution in [0.5, 0.6) is 0 Å². The summed E-state index contributed by atoms with van der Waals surface area (Å²) >= 11 is 1.61. The molecule has 5 nitrogen and oxygen atoms in total. The van der Waals surface area contributed by atoms with Crippen LogP contribution in [-0.2, 0) is 11.3 Å². The lowest BCUT2D eigenvalue weighted by atomic mass is 10.2. The number of methoxy groups -OCH3 is 1. The molecule has 0 aliphatic carbocycles. The first-order chi connectivity index (χ1) is 10.2. The first-order valence-corrected chi connectivity index (χ1v) is 7.36. The van der Waals surface area contributed by atoms with Crippen LogP contribution in [0.25, 0.3) is 10.2 Å². The number of rotatable bonds is 4. The molecule has 1 aromatic carbocycles. The number of ether oxygens (including phenoxy) is 1. The SMILES string of the molecule is COCc1cccc(Nc2nc(N)nc3sc(C)cc23)c1. The summed E-state index contributed by atoms with van der Waals surface area (Å²) in [6.45, 7) is 2.62. The molecule has 0 saturated heterocycles. The predicted molar refractivity (Wildman–Crippen MR) is 87.0 cm³/mol. The van der Waals surface area contributed by atoms with Crippen LogP contribution in [0, 0.1) is 6.92 Å². The molecule has 0 amide bonds. The lowest BCUT2D eigenvalue weighted by Crippen LogP contribution is -2.00. The van der Waals surface area contributed by atoms with Gasteiger partial charge in [0, 0.05) is 17.7 Å². The van der Waals surface area contributed by atoms with Gasteiger partial charge in [-0.25, -0.2) is 4.98 Å². The van der Waals surface area contributed by atoms with Gasteiger partial charge in [-0.15, -0.1) is 11.3 Å². The number of nitrogens with zero attached hydrogens (tertiary/aromatic N) is 2. The number of aromatic nitrogens is 2. The lowest BCUT2D eigenvalue weighted by molar-refractivity contribution is 0.185. The number of fused-ring (bicyclic) bond motifs is 1. The molecule has 3 rings (SSSR count). The van der Waals surface area contributed by atoms with Crippen molar-refractivity contribution in [3.8, 4) is 0 Å². The van der Waals surface area contributed by atoms with Crippen LogP contribution in [0.1, 0.15) is 10.4 Å². The lowest BCUT2D eigenvalue weighted by Gasteiger charge is -2.09. The molecule has 0 saturated carbocycles. The molecule has 0 spiro atoms. The van der Waals surface area contributed by atoms with E-state index in [1.54, 1.807) is 18.4 Å². The summed E-state index contributed by atoms with van der Waals surface area (Å²) in [5, 5.41) is 4.31. The summed E-state index contributed by atoms with van der Waals surface area (Å²) in [5.74, 6) is 1.01. The van der Waals surface area contributed by atoms with Gasteiger partial charge in [-0.3, -0.25) is 0 Å². The summed E-state index contributed by atoms with van der Waals surface area (Å²) in [6.07, 6.45) is 0. The Morgan fingerprint density at radius 2 is 2.14 bits per heavy atom. The van der Waals surface area contributed by atoms with E-state index in [9.17, 15) is 0 Å². The zero-order chi connectivity index (χ0) is 14.8. The van der Waals surface area contributed by atoms with Gasteiger partial charge in [0.2, 0.25) is 5.95 Å². The van der Waals surface area contributed by atoms with Crippen molar-refractivity contribution in [2.45, 2.75) is 13.5 Å². The molecular weight excluding hydrogens is 284 g/mol. The molecule has 2 aromatic heterocycles. The molecule has 0 atom stereocenters. The number of benzene rings is 1. The van der Waals surface area contributed by atoms with E-state index in [0.29, 0.717) is 6.61 Å². The quantitative estimate of drug-likeness (QED) is 0.772. The number of anilines is 3. The van der Waals surface area contributed by atoms with Crippen LogP contribution >= 0.6 is 11.3 Å². The molecule has 0 aliphatic heterocycles. The Balaban J connectivity index is 1.99. The summed E-state index contributed by atoms with van der Waals surface area (Å²) < 4.78 is 5.15. The first kappa shape index (κ1) is 13.8. The van der Waals surface area contributed by atoms with Gasteiger partial charge in [-0.2, -0.15) is 4.98 Å². The number of aryl methyl sites for hydroxylation is 1. The van der Waals surface area contributed by atoms with Crippen molar-refractivity contribution >= 4 is 39.0 Å². The molecule has 2 heterocycles. The maximum absolute atomic E-state index is 5.79. The first-order valence-electron chi connectivity index (χ1n) is 6.54. The van der Waals surface area contributed by atoms with Crippen LogP contribution in [0.15, 0.2) is 30.3 Å². The van der Waals surface area contributed by atoms with Crippen molar-refractivity contribution in [2.75, 3.05) is 18.2 Å². The molecule has 0 unspecified atom stereocenters. The highest BCUT2D eigenvalue weighted by atomic mass is 32.1. The van der Waals surface area contributed by atoms with E-state index in [1.165, 1.54) is 4.88 Å². The van der Waals surface area contributed by atoms with Gasteiger partial charge < -0.3 is 15.8 Å². The van der Waals surface area contributed by atoms with E-state index in [2.05, 4.69) is 21.4 Å². The molecule has 0 bridgehead atoms. The maximum atomic E-state index is 5.79. The topological polar surface area (TPSA) is 73.1 Å². The minimum absolute atomic E-state index is 0.278. The number of hydrogen-bond donors (Lipinski definition) is 2. The average Bonchev–Trinajstić information content (AvgIpc) is 2.80. The van der Waals surface area contributed by atoms with Gasteiger partial charge in [0.25, 0.3) is 0 Å². The highest BCUT2D eigenvalue weighted by Gasteiger charge is 2.09. The van der Waals surface area contributed by atoms with Crippen molar-refractivity contribution in [1.29, 1.82) is 0 Å². The standard InChI is InChI=1S/C15H16N4OS/c1-9-6-12-13(18-15(16)19-14(12)21-9)17-11-5-3-4-10(7-11)8-20-2/h3-7H,8H2,1-2H3,(H3,16,17,18,19). The zero-order valence-corrected chi connectivity index (χ0v) is 12.7. The highest BCUT2D eigenvalue weighted by molar-refractivity contribution is 7.18. The Morgan fingerprint density at radius 1 is 1.29 bits per heavy atom. The van der Waals surface area contributed by atoms with Crippen molar-refractivity contribution in [3.05, 3.63) is 40.8 Å². The number of thiophene rings is 1. The van der Waals surface area contributed by atoms with Gasteiger partial charge in [-0.05, 0) is 30.7 Å². The molecule has 0 aliphatic rings. The van der Waals surface area contributed by atoms with Crippen LogP contribution in [0.4, 0.5) is 17.5 Å². The van der Waals surface area contributed by atoms with Crippen molar-refractivity contribution in [1.82, 2.24) is 9.97 Å². The Morgan fingerprint density at radius 3 is 2.95 bits per heavy atom. The van der Waals surface area contributed by atoms with Crippen molar-refractivity contribution in [3.63, 3.8) is 0 Å². The molecule has 3 N–H and O–H groups in total. The Kier molecular flexibility index (Phi) is 3.72. The van der Waals surface area contributed by atoms with E-state index in [-0.39, 0.29) is 5.95 Å². The molecule has 0 radical (unpaired) electrons. The minimum atomic E-state index is 0.278. The fourth-order valence-corrected chi connectivity index (χ4v) is 3.08. The van der Waals surface area contributed by atoms with Crippen molar-refractivity contribution in [2.24, 2.45) is 0 Å². The average molecular weight is 300 g/mol. The molecule has 3 aromatic rings. The second-order valence-electron chi connectivity index (χ2n) is 4.76. The van der Waals surface area contributed by atoms with Gasteiger partial charge >= 0.3 is 0 Å². The summed E-state index contributed by atoms with van der Waals surface area (Å²) in [6, 6.07) is 10.1. The second-order valence-corrected chi connectivity index (χ2v) is 6.00. The summed E-state index contributed by atoms with van der Waals surface area (Å²) in [4.78, 5) is 10.7. The van der Waals surface area contributed by atoms with Gasteiger partial charge in [0.15, 0.2) is 0 Å². The maximum Gasteiger partial charge on any atom is 0.223 e. The van der Waals surface area contributed by atoms with Crippen molar-refractivity contribution < 1.29 is 4.74 Å². The van der Waals surface area contributed by atoms with E-state index in [1.807, 2.05) is 31.2 Å². The highest BCUT2D eigenvalue weighted by Crippen LogP contribution is 2.30. The number of nitrogens with two attached hydrogens (primary N) is 1. The van der Waals surface area contributed by atoms with Crippen LogP contribution in [0.3, 0.4) is 0 Å². The summed E-state index contributed by atoms with van der Waals surface area (Å²) in [7, 11) is 1.68. The largest absolute Gasteiger partial charge is 0.380 e. The number of nitrogen functional groups attached to an aromatic ring is 1. The van der Waals surface area contributed by atoms with Gasteiger partial charge in [-0.1, -0.05) is 12.1 Å².